The van der Waals surface area contributed by atoms with Gasteiger partial charge in [-0.1, -0.05) is 111 Å². The van der Waals surface area contributed by atoms with Crippen LogP contribution in [0.1, 0.15) is 45.7 Å². The van der Waals surface area contributed by atoms with Crippen molar-refractivity contribution in [1.29, 1.82) is 0 Å². The van der Waals surface area contributed by atoms with Crippen LogP contribution in [0.3, 0.4) is 0 Å². The van der Waals surface area contributed by atoms with Crippen molar-refractivity contribution in [3.8, 4) is 22.5 Å². The van der Waals surface area contributed by atoms with Gasteiger partial charge in [0.25, 0.3) is 5.91 Å². The molecule has 0 bridgehead atoms. The first-order valence-corrected chi connectivity index (χ1v) is 13.4. The van der Waals surface area contributed by atoms with E-state index in [1.807, 2.05) is 41.8 Å². The molecule has 0 aliphatic carbocycles. The number of rotatable bonds is 8. The molecule has 1 heterocycles. The molecule has 7 heteroatoms. The summed E-state index contributed by atoms with van der Waals surface area (Å²) in [7, 11) is 0. The zero-order chi connectivity index (χ0) is 26.4. The number of benzene rings is 3. The van der Waals surface area contributed by atoms with Gasteiger partial charge in [-0.05, 0) is 41.5 Å². The Morgan fingerprint density at radius 3 is 2.14 bits per heavy atom. The fraction of sp³-hybridized carbons (Fsp3) is 0.267. The molecule has 1 N–H and O–H groups in total. The van der Waals surface area contributed by atoms with Crippen molar-refractivity contribution in [3.63, 3.8) is 0 Å². The van der Waals surface area contributed by atoms with Gasteiger partial charge in [-0.25, -0.2) is 5.43 Å². The molecule has 6 nitrogen and oxygen atoms in total. The molecule has 1 aromatic heterocycles. The third-order valence-corrected chi connectivity index (χ3v) is 7.10. The average Bonchev–Trinajstić information content (AvgIpc) is 3.33. The van der Waals surface area contributed by atoms with E-state index < -0.39 is 0 Å². The number of amides is 1. The van der Waals surface area contributed by atoms with Gasteiger partial charge in [-0.2, -0.15) is 5.10 Å². The molecule has 190 valence electrons. The van der Waals surface area contributed by atoms with Gasteiger partial charge in [0, 0.05) is 12.1 Å². The summed E-state index contributed by atoms with van der Waals surface area (Å²) in [5, 5.41) is 13.8. The third-order valence-electron chi connectivity index (χ3n) is 6.13. The lowest BCUT2D eigenvalue weighted by Crippen LogP contribution is -2.21. The normalized spacial score (nSPS) is 12.0. The van der Waals surface area contributed by atoms with Crippen LogP contribution in [-0.2, 0) is 16.8 Å². The van der Waals surface area contributed by atoms with Crippen molar-refractivity contribution in [2.75, 3.05) is 5.75 Å². The van der Waals surface area contributed by atoms with E-state index in [-0.39, 0.29) is 17.1 Å². The molecule has 37 heavy (non-hydrogen) atoms. The van der Waals surface area contributed by atoms with E-state index in [1.165, 1.54) is 22.9 Å². The number of aromatic nitrogens is 3. The molecular formula is C30H33N5OS. The van der Waals surface area contributed by atoms with Crippen molar-refractivity contribution in [2.45, 2.75) is 51.7 Å². The number of nitrogens with one attached hydrogen (secondary N) is 1. The molecule has 0 atom stereocenters. The van der Waals surface area contributed by atoms with Crippen molar-refractivity contribution in [3.05, 3.63) is 90.0 Å². The van der Waals surface area contributed by atoms with E-state index in [9.17, 15) is 4.79 Å². The van der Waals surface area contributed by atoms with Crippen molar-refractivity contribution < 1.29 is 4.79 Å². The van der Waals surface area contributed by atoms with Crippen LogP contribution in [0, 0.1) is 0 Å². The smallest absolute Gasteiger partial charge is 0.250 e. The molecule has 0 aliphatic rings. The predicted octanol–water partition coefficient (Wildman–Crippen LogP) is 6.56. The molecule has 4 aromatic rings. The molecule has 0 unspecified atom stereocenters. The molecule has 0 radical (unpaired) electrons. The maximum Gasteiger partial charge on any atom is 0.250 e. The lowest BCUT2D eigenvalue weighted by molar-refractivity contribution is -0.118. The van der Waals surface area contributed by atoms with Crippen LogP contribution in [-0.4, -0.2) is 32.1 Å². The topological polar surface area (TPSA) is 72.2 Å². The standard InChI is InChI=1S/C30H33N5OS/c1-6-35-28(25-16-18-26(19-17-25)30(3,4)5)33-34-29(35)37-20-27(36)32-31-21(2)22-12-14-24(15-13-22)23-10-8-7-9-11-23/h7-19H,6,20H2,1-5H3,(H,32,36)/b31-21-. The zero-order valence-corrected chi connectivity index (χ0v) is 22.8. The molecule has 0 saturated heterocycles. The number of thioether (sulfide) groups is 1. The first-order chi connectivity index (χ1) is 17.8. The Morgan fingerprint density at radius 2 is 1.51 bits per heavy atom. The number of hydrogen-bond donors (Lipinski definition) is 1. The Labute approximate surface area is 223 Å². The summed E-state index contributed by atoms with van der Waals surface area (Å²) in [6, 6.07) is 26.8. The molecule has 0 aliphatic heterocycles. The summed E-state index contributed by atoms with van der Waals surface area (Å²) < 4.78 is 2.03. The molecule has 0 spiro atoms. The largest absolute Gasteiger partial charge is 0.302 e. The maximum atomic E-state index is 12.5. The van der Waals surface area contributed by atoms with E-state index >= 15 is 0 Å². The van der Waals surface area contributed by atoms with Crippen molar-refractivity contribution in [1.82, 2.24) is 20.2 Å². The van der Waals surface area contributed by atoms with Gasteiger partial charge in [0.05, 0.1) is 11.5 Å². The number of hydrazone groups is 1. The summed E-state index contributed by atoms with van der Waals surface area (Å²) >= 11 is 1.36. The van der Waals surface area contributed by atoms with Gasteiger partial charge >= 0.3 is 0 Å². The van der Waals surface area contributed by atoms with Crippen LogP contribution in [0.5, 0.6) is 0 Å². The Kier molecular flexibility index (Phi) is 8.24. The molecule has 3 aromatic carbocycles. The van der Waals surface area contributed by atoms with Gasteiger partial charge in [0.1, 0.15) is 0 Å². The highest BCUT2D eigenvalue weighted by Crippen LogP contribution is 2.27. The lowest BCUT2D eigenvalue weighted by atomic mass is 9.87. The van der Waals surface area contributed by atoms with E-state index in [2.05, 4.69) is 97.0 Å². The summed E-state index contributed by atoms with van der Waals surface area (Å²) in [6.07, 6.45) is 0. The highest BCUT2D eigenvalue weighted by atomic mass is 32.2. The quantitative estimate of drug-likeness (QED) is 0.165. The highest BCUT2D eigenvalue weighted by molar-refractivity contribution is 7.99. The third kappa shape index (κ3) is 6.54. The summed E-state index contributed by atoms with van der Waals surface area (Å²) in [6.45, 7) is 11.2. The Morgan fingerprint density at radius 1 is 0.892 bits per heavy atom. The van der Waals surface area contributed by atoms with Crippen LogP contribution in [0.2, 0.25) is 0 Å². The van der Waals surface area contributed by atoms with Gasteiger partial charge in [-0.15, -0.1) is 10.2 Å². The fourth-order valence-electron chi connectivity index (χ4n) is 3.92. The highest BCUT2D eigenvalue weighted by Gasteiger charge is 2.17. The average molecular weight is 512 g/mol. The first kappa shape index (κ1) is 26.4. The van der Waals surface area contributed by atoms with Gasteiger partial charge in [-0.3, -0.25) is 4.79 Å². The zero-order valence-electron chi connectivity index (χ0n) is 22.0. The minimum absolute atomic E-state index is 0.0950. The van der Waals surface area contributed by atoms with E-state index in [4.69, 9.17) is 0 Å². The van der Waals surface area contributed by atoms with Crippen LogP contribution in [0.15, 0.2) is 89.1 Å². The van der Waals surface area contributed by atoms with Crippen LogP contribution < -0.4 is 5.43 Å². The lowest BCUT2D eigenvalue weighted by Gasteiger charge is -2.19. The van der Waals surface area contributed by atoms with Crippen molar-refractivity contribution in [2.24, 2.45) is 5.10 Å². The van der Waals surface area contributed by atoms with Crippen LogP contribution >= 0.6 is 11.8 Å². The summed E-state index contributed by atoms with van der Waals surface area (Å²) in [5.74, 6) is 0.816. The summed E-state index contributed by atoms with van der Waals surface area (Å²) in [4.78, 5) is 12.5. The molecule has 1 amide bonds. The second-order valence-corrected chi connectivity index (χ2v) is 10.8. The fourth-order valence-corrected chi connectivity index (χ4v) is 4.72. The molecular weight excluding hydrogens is 478 g/mol. The number of carbonyl (C=O) groups excluding carboxylic acids is 1. The Hall–Kier alpha value is -3.71. The van der Waals surface area contributed by atoms with E-state index in [0.717, 1.165) is 28.2 Å². The monoisotopic (exact) mass is 511 g/mol. The maximum absolute atomic E-state index is 12.5. The van der Waals surface area contributed by atoms with Gasteiger partial charge in [0.2, 0.25) is 0 Å². The Bertz CT molecular complexity index is 1370. The second-order valence-electron chi connectivity index (χ2n) is 9.84. The Balaban J connectivity index is 1.36. The second kappa shape index (κ2) is 11.6. The predicted molar refractivity (Wildman–Crippen MR) is 153 cm³/mol. The van der Waals surface area contributed by atoms with Gasteiger partial charge < -0.3 is 4.57 Å². The van der Waals surface area contributed by atoms with Crippen LogP contribution in [0.25, 0.3) is 22.5 Å². The molecule has 0 fully saturated rings. The minimum atomic E-state index is -0.188. The molecule has 0 saturated carbocycles. The van der Waals surface area contributed by atoms with Crippen molar-refractivity contribution >= 4 is 23.4 Å². The van der Waals surface area contributed by atoms with E-state index in [0.29, 0.717) is 11.7 Å². The molecule has 4 rings (SSSR count). The summed E-state index contributed by atoms with van der Waals surface area (Å²) in [5.41, 5.74) is 9.05. The number of nitrogens with zero attached hydrogens (tertiary/aromatic N) is 4. The van der Waals surface area contributed by atoms with Crippen LogP contribution in [0.4, 0.5) is 0 Å². The minimum Gasteiger partial charge on any atom is -0.302 e. The number of carbonyl (C=O) groups is 1. The number of hydrogen-bond acceptors (Lipinski definition) is 5. The van der Waals surface area contributed by atoms with E-state index in [1.54, 1.807) is 0 Å². The first-order valence-electron chi connectivity index (χ1n) is 12.4. The van der Waals surface area contributed by atoms with Gasteiger partial charge in [0.15, 0.2) is 11.0 Å². The SMILES string of the molecule is CCn1c(SCC(=O)N/N=C(/C)c2ccc(-c3ccccc3)cc2)nnc1-c1ccc(C(C)(C)C)cc1.